The molecule has 11 heteroatoms. The second kappa shape index (κ2) is 12.1. The highest BCUT2D eigenvalue weighted by Gasteiger charge is 2.35. The Bertz CT molecular complexity index is 1850. The average Bonchev–Trinajstić information content (AvgIpc) is 3.67. The number of hydrogen-bond donors (Lipinski definition) is 1. The van der Waals surface area contributed by atoms with Crippen molar-refractivity contribution in [2.45, 2.75) is 43.3 Å². The quantitative estimate of drug-likeness (QED) is 0.195. The van der Waals surface area contributed by atoms with Crippen LogP contribution in [0.3, 0.4) is 0 Å². The number of fused-ring (bicyclic) bond motifs is 2. The first kappa shape index (κ1) is 29.9. The van der Waals surface area contributed by atoms with Gasteiger partial charge in [-0.15, -0.1) is 35.1 Å². The van der Waals surface area contributed by atoms with Crippen molar-refractivity contribution in [2.75, 3.05) is 18.9 Å². The number of carbonyl (C=O) groups is 1. The van der Waals surface area contributed by atoms with E-state index in [2.05, 4.69) is 40.5 Å². The fraction of sp³-hybridized carbons (Fsp3) is 0.250. The number of sulfonamides is 1. The lowest BCUT2D eigenvalue weighted by Crippen LogP contribution is -2.29. The van der Waals surface area contributed by atoms with E-state index in [9.17, 15) is 13.2 Å². The maximum atomic E-state index is 13.5. The lowest BCUT2D eigenvalue weighted by atomic mass is 10.0. The Balaban J connectivity index is 0.00000329. The molecule has 3 heterocycles. The van der Waals surface area contributed by atoms with Crippen molar-refractivity contribution in [3.63, 3.8) is 0 Å². The highest BCUT2D eigenvalue weighted by molar-refractivity contribution is 7.89. The van der Waals surface area contributed by atoms with Gasteiger partial charge in [-0.05, 0) is 66.8 Å². The third-order valence-corrected chi connectivity index (χ3v) is 12.1. The summed E-state index contributed by atoms with van der Waals surface area (Å²) in [6.45, 7) is 2.61. The molecule has 3 aromatic carbocycles. The van der Waals surface area contributed by atoms with Gasteiger partial charge in [-0.1, -0.05) is 42.5 Å². The molecule has 2 aromatic heterocycles. The van der Waals surface area contributed by atoms with Gasteiger partial charge in [0.25, 0.3) is 5.91 Å². The molecule has 1 aliphatic carbocycles. The monoisotopic (exact) mass is 650 g/mol. The largest absolute Gasteiger partial charge is 0.313 e. The van der Waals surface area contributed by atoms with Crippen molar-refractivity contribution < 1.29 is 13.2 Å². The molecule has 2 aliphatic rings. The minimum absolute atomic E-state index is 0. The molecule has 7 nitrogen and oxygen atoms in total. The smallest absolute Gasteiger partial charge is 0.256 e. The predicted molar refractivity (Wildman–Crippen MR) is 177 cm³/mol. The van der Waals surface area contributed by atoms with Crippen molar-refractivity contribution >= 4 is 66.2 Å². The molecule has 222 valence electrons. The Morgan fingerprint density at radius 2 is 1.72 bits per heavy atom. The molecule has 0 bridgehead atoms. The third kappa shape index (κ3) is 6.00. The average molecular weight is 651 g/mol. The van der Waals surface area contributed by atoms with Gasteiger partial charge in [0.1, 0.15) is 10.0 Å². The van der Waals surface area contributed by atoms with Crippen LogP contribution < -0.4 is 5.32 Å². The number of amides is 1. The first-order valence-corrected chi connectivity index (χ1v) is 17.1. The number of nitrogens with one attached hydrogen (secondary N) is 1. The number of nitrogens with zero attached hydrogens (tertiary/aromatic N) is 3. The number of thiophene rings is 1. The summed E-state index contributed by atoms with van der Waals surface area (Å²) >= 11 is 3.26. The summed E-state index contributed by atoms with van der Waals surface area (Å²) in [7, 11) is -1.95. The number of thiazole rings is 1. The van der Waals surface area contributed by atoms with Crippen LogP contribution in [-0.4, -0.2) is 48.1 Å². The first-order chi connectivity index (χ1) is 20.4. The van der Waals surface area contributed by atoms with Crippen LogP contribution in [-0.2, 0) is 29.5 Å². The zero-order valence-corrected chi connectivity index (χ0v) is 26.8. The highest BCUT2D eigenvalue weighted by Crippen LogP contribution is 2.46. The van der Waals surface area contributed by atoms with Crippen molar-refractivity contribution in [3.05, 3.63) is 100 Å². The van der Waals surface area contributed by atoms with Gasteiger partial charge in [-0.2, -0.15) is 4.31 Å². The summed E-state index contributed by atoms with van der Waals surface area (Å²) in [6, 6.07) is 24.9. The van der Waals surface area contributed by atoms with E-state index in [4.69, 9.17) is 4.98 Å². The number of anilines is 1. The van der Waals surface area contributed by atoms with E-state index in [1.165, 1.54) is 32.4 Å². The molecule has 0 saturated heterocycles. The number of aromatic nitrogens is 1. The number of para-hydroxylation sites is 1. The number of benzene rings is 3. The molecule has 1 fully saturated rings. The molecule has 0 spiro atoms. The van der Waals surface area contributed by atoms with Crippen LogP contribution in [0.25, 0.3) is 20.8 Å². The van der Waals surface area contributed by atoms with Gasteiger partial charge in [-0.3, -0.25) is 9.69 Å². The summed E-state index contributed by atoms with van der Waals surface area (Å²) in [4.78, 5) is 22.4. The van der Waals surface area contributed by atoms with Gasteiger partial charge in [0, 0.05) is 48.7 Å². The fourth-order valence-corrected chi connectivity index (χ4v) is 9.29. The van der Waals surface area contributed by atoms with Crippen LogP contribution in [0.4, 0.5) is 5.00 Å². The minimum atomic E-state index is -3.57. The highest BCUT2D eigenvalue weighted by atomic mass is 35.5. The molecule has 1 N–H and O–H groups in total. The Morgan fingerprint density at radius 3 is 2.44 bits per heavy atom. The van der Waals surface area contributed by atoms with Crippen LogP contribution in [0.15, 0.2) is 83.8 Å². The Kier molecular flexibility index (Phi) is 8.43. The van der Waals surface area contributed by atoms with E-state index >= 15 is 0 Å². The lowest BCUT2D eigenvalue weighted by Gasteiger charge is -2.27. The Labute approximate surface area is 265 Å². The van der Waals surface area contributed by atoms with Gasteiger partial charge < -0.3 is 5.32 Å². The van der Waals surface area contributed by atoms with Crippen molar-refractivity contribution in [1.29, 1.82) is 0 Å². The second-order valence-corrected chi connectivity index (χ2v) is 15.0. The summed E-state index contributed by atoms with van der Waals surface area (Å²) in [5, 5.41) is 4.86. The van der Waals surface area contributed by atoms with E-state index in [1.807, 2.05) is 24.3 Å². The zero-order valence-electron chi connectivity index (χ0n) is 23.5. The summed E-state index contributed by atoms with van der Waals surface area (Å²) < 4.78 is 28.4. The molecule has 0 atom stereocenters. The summed E-state index contributed by atoms with van der Waals surface area (Å²) in [6.07, 6.45) is 2.66. The molecule has 7 rings (SSSR count). The van der Waals surface area contributed by atoms with Gasteiger partial charge in [0.15, 0.2) is 0 Å². The van der Waals surface area contributed by atoms with Crippen molar-refractivity contribution in [2.24, 2.45) is 0 Å². The van der Waals surface area contributed by atoms with Crippen LogP contribution in [0.1, 0.15) is 39.2 Å². The van der Waals surface area contributed by atoms with Crippen LogP contribution >= 0.6 is 35.1 Å². The van der Waals surface area contributed by atoms with Gasteiger partial charge in [0.2, 0.25) is 10.0 Å². The van der Waals surface area contributed by atoms with E-state index in [0.29, 0.717) is 5.56 Å². The SMILES string of the molecule is CN(C1CC1)S(=O)(=O)c1ccc(C(=O)Nc2sc3c(c2-c2nc4ccccc4s2)CCN(Cc2ccccc2)C3)cc1.Cl. The zero-order chi connectivity index (χ0) is 28.8. The van der Waals surface area contributed by atoms with E-state index in [1.54, 1.807) is 41.9 Å². The van der Waals surface area contributed by atoms with Gasteiger partial charge in [-0.25, -0.2) is 13.4 Å². The molecular formula is C32H31ClN4O3S3. The number of rotatable bonds is 8. The van der Waals surface area contributed by atoms with Gasteiger partial charge in [0.05, 0.1) is 15.1 Å². The minimum Gasteiger partial charge on any atom is -0.313 e. The first-order valence-electron chi connectivity index (χ1n) is 14.0. The van der Waals surface area contributed by atoms with Crippen LogP contribution in [0, 0.1) is 0 Å². The second-order valence-electron chi connectivity index (χ2n) is 10.9. The summed E-state index contributed by atoms with van der Waals surface area (Å²) in [5.74, 6) is -0.267. The van der Waals surface area contributed by atoms with Gasteiger partial charge >= 0.3 is 0 Å². The standard InChI is InChI=1S/C32H30N4O3S3.ClH/c1-35(23-13-14-23)42(38,39)24-15-11-22(12-16-24)30(37)34-32-29(31-33-26-9-5-6-10-27(26)40-31)25-17-18-36(20-28(25)41-32)19-21-7-3-2-4-8-21;/h2-12,15-16,23H,13-14,17-20H2,1H3,(H,34,37);1H. The molecule has 43 heavy (non-hydrogen) atoms. The van der Waals surface area contributed by atoms with E-state index < -0.39 is 10.0 Å². The topological polar surface area (TPSA) is 82.6 Å². The maximum absolute atomic E-state index is 13.5. The normalized spacial score (nSPS) is 15.3. The van der Waals surface area contributed by atoms with Crippen molar-refractivity contribution in [1.82, 2.24) is 14.2 Å². The fourth-order valence-electron chi connectivity index (χ4n) is 5.48. The van der Waals surface area contributed by atoms with E-state index in [-0.39, 0.29) is 29.3 Å². The molecule has 5 aromatic rings. The molecule has 0 radical (unpaired) electrons. The number of hydrogen-bond acceptors (Lipinski definition) is 7. The van der Waals surface area contributed by atoms with E-state index in [0.717, 1.165) is 64.7 Å². The molecule has 1 aliphatic heterocycles. The number of carbonyl (C=O) groups excluding carboxylic acids is 1. The molecular weight excluding hydrogens is 620 g/mol. The summed E-state index contributed by atoms with van der Waals surface area (Å²) in [5.41, 5.74) is 4.91. The molecule has 1 amide bonds. The molecule has 1 saturated carbocycles. The lowest BCUT2D eigenvalue weighted by molar-refractivity contribution is 0.102. The van der Waals surface area contributed by atoms with Crippen LogP contribution in [0.5, 0.6) is 0 Å². The maximum Gasteiger partial charge on any atom is 0.256 e. The Hall–Kier alpha value is -3.12. The third-order valence-electron chi connectivity index (χ3n) is 7.97. The predicted octanol–water partition coefficient (Wildman–Crippen LogP) is 7.04. The number of halogens is 1. The van der Waals surface area contributed by atoms with Crippen molar-refractivity contribution in [3.8, 4) is 10.6 Å². The Morgan fingerprint density at radius 1 is 1.00 bits per heavy atom. The molecule has 0 unspecified atom stereocenters. The van der Waals surface area contributed by atoms with Crippen LogP contribution in [0.2, 0.25) is 0 Å².